The molecule has 2 rings (SSSR count). The lowest BCUT2D eigenvalue weighted by Gasteiger charge is -2.16. The molecule has 0 aliphatic rings. The first-order valence-corrected chi connectivity index (χ1v) is 7.75. The highest BCUT2D eigenvalue weighted by Crippen LogP contribution is 2.26. The highest BCUT2D eigenvalue weighted by molar-refractivity contribution is 5.75. The number of ether oxygens (including phenoxy) is 3. The molecule has 136 valence electrons. The number of methoxy groups -OCH3 is 1. The minimum atomic E-state index is -0.514. The van der Waals surface area contributed by atoms with Crippen LogP contribution >= 0.6 is 0 Å². The van der Waals surface area contributed by atoms with Crippen LogP contribution in [0.25, 0.3) is 11.3 Å². The summed E-state index contributed by atoms with van der Waals surface area (Å²) >= 11 is 0. The first-order chi connectivity index (χ1) is 11.8. The lowest BCUT2D eigenvalue weighted by Crippen LogP contribution is -2.24. The number of nitrogens with two attached hydrogens (primary N) is 1. The molecule has 2 aromatic rings. The second-order valence-corrected chi connectivity index (χ2v) is 6.35. The Bertz CT molecular complexity index is 724. The zero-order valence-electron chi connectivity index (χ0n) is 14.9. The maximum atomic E-state index is 11.6. The third-order valence-corrected chi connectivity index (χ3v) is 3.19. The van der Waals surface area contributed by atoms with E-state index < -0.39 is 5.41 Å². The van der Waals surface area contributed by atoms with Crippen molar-refractivity contribution < 1.29 is 19.0 Å². The Morgan fingerprint density at radius 3 is 2.72 bits per heavy atom. The first-order valence-electron chi connectivity index (χ1n) is 7.75. The van der Waals surface area contributed by atoms with Crippen LogP contribution in [0.4, 0.5) is 5.95 Å². The van der Waals surface area contributed by atoms with Crippen molar-refractivity contribution in [3.05, 3.63) is 18.7 Å². The standard InChI is InChI=1S/C16H23N5O4/c1-16(2,3)14(22)25-6-5-24-10-21-8-12(19-9-21)11-7-18-15(17)20-13(11)23-4/h7-9H,5-6,10H2,1-4H3,(H2,17,18,20). The van der Waals surface area contributed by atoms with Crippen LogP contribution in [-0.2, 0) is 21.0 Å². The number of aromatic nitrogens is 4. The van der Waals surface area contributed by atoms with Crippen molar-refractivity contribution >= 4 is 11.9 Å². The van der Waals surface area contributed by atoms with Gasteiger partial charge < -0.3 is 24.5 Å². The van der Waals surface area contributed by atoms with Crippen LogP contribution < -0.4 is 10.5 Å². The zero-order chi connectivity index (χ0) is 18.4. The van der Waals surface area contributed by atoms with Crippen molar-refractivity contribution in [1.29, 1.82) is 0 Å². The number of anilines is 1. The monoisotopic (exact) mass is 349 g/mol. The van der Waals surface area contributed by atoms with E-state index >= 15 is 0 Å². The lowest BCUT2D eigenvalue weighted by atomic mass is 9.97. The van der Waals surface area contributed by atoms with Gasteiger partial charge in [-0.05, 0) is 20.8 Å². The Hall–Kier alpha value is -2.68. The van der Waals surface area contributed by atoms with E-state index in [-0.39, 0.29) is 25.3 Å². The summed E-state index contributed by atoms with van der Waals surface area (Å²) in [6, 6.07) is 0. The van der Waals surface area contributed by atoms with Gasteiger partial charge in [-0.1, -0.05) is 0 Å². The van der Waals surface area contributed by atoms with Gasteiger partial charge in [-0.2, -0.15) is 4.98 Å². The van der Waals surface area contributed by atoms with Gasteiger partial charge in [0.05, 0.1) is 36.7 Å². The molecule has 0 bridgehead atoms. The van der Waals surface area contributed by atoms with Gasteiger partial charge in [0.1, 0.15) is 13.3 Å². The molecule has 0 aliphatic carbocycles. The lowest BCUT2D eigenvalue weighted by molar-refractivity contribution is -0.154. The minimum Gasteiger partial charge on any atom is -0.480 e. The molecule has 0 unspecified atom stereocenters. The van der Waals surface area contributed by atoms with Crippen molar-refractivity contribution in [2.75, 3.05) is 26.1 Å². The Morgan fingerprint density at radius 2 is 2.04 bits per heavy atom. The molecular formula is C16H23N5O4. The summed E-state index contributed by atoms with van der Waals surface area (Å²) in [4.78, 5) is 23.9. The number of nitrogen functional groups attached to an aromatic ring is 1. The summed E-state index contributed by atoms with van der Waals surface area (Å²) < 4.78 is 17.5. The van der Waals surface area contributed by atoms with E-state index in [1.54, 1.807) is 44.1 Å². The topological polar surface area (TPSA) is 114 Å². The predicted octanol–water partition coefficient (Wildman–Crippen LogP) is 1.49. The second kappa shape index (κ2) is 7.93. The van der Waals surface area contributed by atoms with Crippen LogP contribution in [0.2, 0.25) is 0 Å². The minimum absolute atomic E-state index is 0.133. The highest BCUT2D eigenvalue weighted by atomic mass is 16.6. The molecule has 0 saturated heterocycles. The van der Waals surface area contributed by atoms with Crippen LogP contribution in [0.1, 0.15) is 20.8 Å². The smallest absolute Gasteiger partial charge is 0.311 e. The van der Waals surface area contributed by atoms with Crippen LogP contribution in [-0.4, -0.2) is 45.8 Å². The molecule has 0 saturated carbocycles. The Morgan fingerprint density at radius 1 is 1.28 bits per heavy atom. The third-order valence-electron chi connectivity index (χ3n) is 3.19. The fraction of sp³-hybridized carbons (Fsp3) is 0.500. The second-order valence-electron chi connectivity index (χ2n) is 6.35. The van der Waals surface area contributed by atoms with E-state index in [1.165, 1.54) is 7.11 Å². The molecule has 9 nitrogen and oxygen atoms in total. The van der Waals surface area contributed by atoms with Gasteiger partial charge in [-0.25, -0.2) is 9.97 Å². The number of esters is 1. The number of nitrogens with zero attached hydrogens (tertiary/aromatic N) is 4. The van der Waals surface area contributed by atoms with Crippen molar-refractivity contribution in [1.82, 2.24) is 19.5 Å². The van der Waals surface area contributed by atoms with E-state index in [0.717, 1.165) is 0 Å². The first kappa shape index (κ1) is 18.7. The van der Waals surface area contributed by atoms with Crippen molar-refractivity contribution in [3.63, 3.8) is 0 Å². The number of carbonyl (C=O) groups excluding carboxylic acids is 1. The van der Waals surface area contributed by atoms with Gasteiger partial charge in [-0.15, -0.1) is 0 Å². The van der Waals surface area contributed by atoms with Gasteiger partial charge in [0, 0.05) is 12.4 Å². The molecule has 0 atom stereocenters. The predicted molar refractivity (Wildman–Crippen MR) is 90.6 cm³/mol. The average molecular weight is 349 g/mol. The van der Waals surface area contributed by atoms with E-state index in [0.29, 0.717) is 23.7 Å². The van der Waals surface area contributed by atoms with Crippen molar-refractivity contribution in [2.24, 2.45) is 5.41 Å². The molecule has 0 aromatic carbocycles. The largest absolute Gasteiger partial charge is 0.480 e. The SMILES string of the molecule is COc1nc(N)ncc1-c1cn(COCCOC(=O)C(C)(C)C)cn1. The summed E-state index contributed by atoms with van der Waals surface area (Å²) in [6.45, 7) is 6.19. The quantitative estimate of drug-likeness (QED) is 0.591. The Kier molecular flexibility index (Phi) is 5.92. The van der Waals surface area contributed by atoms with E-state index in [2.05, 4.69) is 15.0 Å². The molecule has 2 aromatic heterocycles. The van der Waals surface area contributed by atoms with Gasteiger partial charge >= 0.3 is 5.97 Å². The number of carbonyl (C=O) groups is 1. The molecule has 0 spiro atoms. The molecule has 0 radical (unpaired) electrons. The summed E-state index contributed by atoms with van der Waals surface area (Å²) in [5, 5.41) is 0. The highest BCUT2D eigenvalue weighted by Gasteiger charge is 2.22. The summed E-state index contributed by atoms with van der Waals surface area (Å²) in [7, 11) is 1.50. The van der Waals surface area contributed by atoms with Crippen molar-refractivity contribution in [3.8, 4) is 17.1 Å². The van der Waals surface area contributed by atoms with Crippen LogP contribution in [0.15, 0.2) is 18.7 Å². The maximum Gasteiger partial charge on any atom is 0.311 e. The molecule has 0 fully saturated rings. The number of imidazole rings is 1. The average Bonchev–Trinajstić information content (AvgIpc) is 3.01. The molecule has 2 heterocycles. The number of hydrogen-bond acceptors (Lipinski definition) is 8. The maximum absolute atomic E-state index is 11.6. The van der Waals surface area contributed by atoms with Crippen molar-refractivity contribution in [2.45, 2.75) is 27.5 Å². The Balaban J connectivity index is 1.85. The number of hydrogen-bond donors (Lipinski definition) is 1. The molecule has 9 heteroatoms. The number of rotatable bonds is 7. The molecular weight excluding hydrogens is 326 g/mol. The van der Waals surface area contributed by atoms with Gasteiger partial charge in [-0.3, -0.25) is 4.79 Å². The van der Waals surface area contributed by atoms with Crippen LogP contribution in [0, 0.1) is 5.41 Å². The van der Waals surface area contributed by atoms with Crippen LogP contribution in [0.5, 0.6) is 5.88 Å². The normalized spacial score (nSPS) is 11.4. The van der Waals surface area contributed by atoms with Gasteiger partial charge in [0.25, 0.3) is 0 Å². The van der Waals surface area contributed by atoms with Gasteiger partial charge in [0.15, 0.2) is 0 Å². The van der Waals surface area contributed by atoms with E-state index in [4.69, 9.17) is 19.9 Å². The summed E-state index contributed by atoms with van der Waals surface area (Å²) in [5.74, 6) is 0.234. The molecule has 25 heavy (non-hydrogen) atoms. The molecule has 0 amide bonds. The Labute approximate surface area is 146 Å². The summed E-state index contributed by atoms with van der Waals surface area (Å²) in [6.07, 6.45) is 4.95. The summed E-state index contributed by atoms with van der Waals surface area (Å²) in [5.41, 5.74) is 6.30. The molecule has 2 N–H and O–H groups in total. The van der Waals surface area contributed by atoms with E-state index in [9.17, 15) is 4.79 Å². The molecule has 0 aliphatic heterocycles. The fourth-order valence-corrected chi connectivity index (χ4v) is 1.86. The fourth-order valence-electron chi connectivity index (χ4n) is 1.86. The van der Waals surface area contributed by atoms with Gasteiger partial charge in [0.2, 0.25) is 11.8 Å². The zero-order valence-corrected chi connectivity index (χ0v) is 14.9. The van der Waals surface area contributed by atoms with E-state index in [1.807, 2.05) is 0 Å². The van der Waals surface area contributed by atoms with Crippen LogP contribution in [0.3, 0.4) is 0 Å². The third kappa shape index (κ3) is 5.15.